The van der Waals surface area contributed by atoms with E-state index in [1.54, 1.807) is 12.1 Å². The van der Waals surface area contributed by atoms with Gasteiger partial charge in [-0.3, -0.25) is 19.2 Å². The van der Waals surface area contributed by atoms with Gasteiger partial charge in [-0.25, -0.2) is 4.39 Å². The second kappa shape index (κ2) is 42.3. The molecule has 0 aliphatic carbocycles. The highest BCUT2D eigenvalue weighted by Gasteiger charge is 2.21. The summed E-state index contributed by atoms with van der Waals surface area (Å²) in [6.45, 7) is 16.5. The fourth-order valence-electron chi connectivity index (χ4n) is 13.7. The van der Waals surface area contributed by atoms with Crippen LogP contribution in [0.2, 0.25) is 0 Å². The number of aromatic amines is 2. The number of carbonyl (C=O) groups is 4. The summed E-state index contributed by atoms with van der Waals surface area (Å²) in [5.41, 5.74) is 67.9. The molecule has 0 aliphatic heterocycles. The molecule has 5 atom stereocenters. The van der Waals surface area contributed by atoms with Gasteiger partial charge >= 0.3 is 0 Å². The lowest BCUT2D eigenvalue weighted by Crippen LogP contribution is -2.39. The molecule has 4 aromatic heterocycles. The van der Waals surface area contributed by atoms with Gasteiger partial charge in [-0.15, -0.1) is 0 Å². The molecule has 20 nitrogen and oxygen atoms in total. The first-order chi connectivity index (χ1) is 55.8. The standard InChI is InChI=1S/C28H31FN4O.C24H32N4O.C22H28N4O.C21H26N4O/c1-19-4-8-21(9-5-19)22-10-11-23-16-27(28(34)32-17-25(31)3-2-14-30)33(26(23)15-22)18-20-6-12-24(29)13-7-20;1-15(2)21(26)10-9-20(25)14-27-24(29)23-13-19-12-18(8-11-22(19)28-23)17-6-4-16(3)5-7-17;1-15-5-7-16(8-6-15)17-9-10-18-13-21(26(2)20(18)12-17)22(27)25-14-19(24)4-3-11-23;1-14-4-6-15(7-5-14)16-8-9-17-12-20(25-19(17)11-16)21(26)24-13-18(23)3-2-10-22/h4-13,15-16,25H,2-3,14,17-18,30-31H2,1H3,(H,32,34);4-8,11-13,15,20-21,28H,9-10,14,25-26H2,1-3H3,(H,27,29);5-10,12-13,19H,3-4,11,14,23-24H2,1-2H3,(H,25,27);4-9,11-12,18,25H,2-3,10,13,22-23H2,1H3,(H,24,26)/t25-;20-,21?;19-;18-/m0000/s1. The van der Waals surface area contributed by atoms with Crippen molar-refractivity contribution in [2.45, 2.75) is 130 Å². The summed E-state index contributed by atoms with van der Waals surface area (Å²) in [5.74, 6) is -0.407. The predicted molar refractivity (Wildman–Crippen MR) is 476 cm³/mol. The molecule has 0 spiro atoms. The van der Waals surface area contributed by atoms with Crippen LogP contribution in [0.1, 0.15) is 135 Å². The average Bonchev–Trinajstić information content (AvgIpc) is 1.63. The van der Waals surface area contributed by atoms with E-state index in [0.717, 1.165) is 139 Å². The van der Waals surface area contributed by atoms with Crippen LogP contribution >= 0.6 is 0 Å². The Hall–Kier alpha value is -11.4. The maximum Gasteiger partial charge on any atom is 0.268 e. The topological polar surface area (TPSA) is 366 Å². The summed E-state index contributed by atoms with van der Waals surface area (Å²) in [7, 11) is 1.92. The smallest absolute Gasteiger partial charge is 0.268 e. The minimum absolute atomic E-state index is 0.0691. The number of nitrogens with zero attached hydrogens (tertiary/aromatic N) is 2. The molecule has 0 saturated carbocycles. The van der Waals surface area contributed by atoms with E-state index in [2.05, 4.69) is 224 Å². The highest BCUT2D eigenvalue weighted by atomic mass is 19.1. The quantitative estimate of drug-likeness (QED) is 0.0193. The molecular formula is C95H117FN16O4. The molecule has 22 N–H and O–H groups in total. The first-order valence-electron chi connectivity index (χ1n) is 40.4. The van der Waals surface area contributed by atoms with Gasteiger partial charge in [-0.05, 0) is 221 Å². The molecule has 0 aliphatic rings. The number of aryl methyl sites for hydroxylation is 5. The Bertz CT molecular complexity index is 5360. The first kappa shape index (κ1) is 87.0. The molecule has 0 saturated heterocycles. The van der Waals surface area contributed by atoms with Crippen LogP contribution in [0.3, 0.4) is 0 Å². The number of benzene rings is 9. The normalized spacial score (nSPS) is 12.6. The number of halogens is 1. The number of H-pyrrole nitrogens is 2. The fraction of sp³-hybridized carbons (Fsp3) is 0.305. The molecular weight excluding hydrogens is 1450 g/mol. The van der Waals surface area contributed by atoms with Gasteiger partial charge in [0.2, 0.25) is 0 Å². The van der Waals surface area contributed by atoms with Crippen LogP contribution in [-0.2, 0) is 13.6 Å². The van der Waals surface area contributed by atoms with Crippen molar-refractivity contribution in [2.24, 2.45) is 58.8 Å². The molecule has 0 bridgehead atoms. The summed E-state index contributed by atoms with van der Waals surface area (Å²) in [4.78, 5) is 57.1. The minimum Gasteiger partial charge on any atom is -0.351 e. The lowest BCUT2D eigenvalue weighted by molar-refractivity contribution is 0.0934. The number of hydrogen-bond donors (Lipinski definition) is 14. The Balaban J connectivity index is 0.000000164. The zero-order valence-corrected chi connectivity index (χ0v) is 68.1. The number of rotatable bonds is 31. The van der Waals surface area contributed by atoms with Crippen molar-refractivity contribution in [2.75, 3.05) is 45.8 Å². The summed E-state index contributed by atoms with van der Waals surface area (Å²) >= 11 is 0. The van der Waals surface area contributed by atoms with Gasteiger partial charge in [0.15, 0.2) is 0 Å². The Morgan fingerprint density at radius 3 is 1.19 bits per heavy atom. The van der Waals surface area contributed by atoms with Crippen LogP contribution in [0, 0.1) is 39.4 Å². The molecule has 9 aromatic carbocycles. The summed E-state index contributed by atoms with van der Waals surface area (Å²) in [6, 6.07) is 72.3. The van der Waals surface area contributed by atoms with Crippen molar-refractivity contribution in [1.82, 2.24) is 40.4 Å². The van der Waals surface area contributed by atoms with Crippen LogP contribution in [0.5, 0.6) is 0 Å². The molecule has 116 heavy (non-hydrogen) atoms. The second-order valence-corrected chi connectivity index (χ2v) is 31.0. The third-order valence-electron chi connectivity index (χ3n) is 21.1. The van der Waals surface area contributed by atoms with Crippen molar-refractivity contribution in [3.05, 3.63) is 275 Å². The molecule has 4 heterocycles. The Morgan fingerprint density at radius 2 is 0.733 bits per heavy atom. The van der Waals surface area contributed by atoms with Crippen molar-refractivity contribution < 1.29 is 23.6 Å². The van der Waals surface area contributed by atoms with E-state index >= 15 is 0 Å². The molecule has 1 unspecified atom stereocenters. The molecule has 13 aromatic rings. The Kier molecular flexibility index (Phi) is 31.7. The van der Waals surface area contributed by atoms with Gasteiger partial charge in [0, 0.05) is 114 Å². The summed E-state index contributed by atoms with van der Waals surface area (Å²) in [5, 5.41) is 15.8. The van der Waals surface area contributed by atoms with E-state index < -0.39 is 0 Å². The van der Waals surface area contributed by atoms with Gasteiger partial charge in [0.05, 0.1) is 0 Å². The van der Waals surface area contributed by atoms with Crippen molar-refractivity contribution in [3.8, 4) is 44.5 Å². The van der Waals surface area contributed by atoms with Crippen molar-refractivity contribution in [3.63, 3.8) is 0 Å². The van der Waals surface area contributed by atoms with Gasteiger partial charge in [-0.1, -0.05) is 188 Å². The fourth-order valence-corrected chi connectivity index (χ4v) is 13.7. The van der Waals surface area contributed by atoms with E-state index in [1.807, 2.05) is 58.6 Å². The third kappa shape index (κ3) is 24.6. The zero-order chi connectivity index (χ0) is 83.0. The number of fused-ring (bicyclic) bond motifs is 4. The van der Waals surface area contributed by atoms with Crippen LogP contribution in [-0.4, -0.2) is 119 Å². The molecule has 0 fully saturated rings. The predicted octanol–water partition coefficient (Wildman–Crippen LogP) is 14.5. The van der Waals surface area contributed by atoms with E-state index in [1.165, 1.54) is 39.9 Å². The number of carbonyl (C=O) groups excluding carboxylic acids is 4. The van der Waals surface area contributed by atoms with Gasteiger partial charge in [0.1, 0.15) is 28.6 Å². The molecule has 21 heteroatoms. The molecule has 0 radical (unpaired) electrons. The van der Waals surface area contributed by atoms with E-state index in [9.17, 15) is 23.6 Å². The van der Waals surface area contributed by atoms with E-state index in [-0.39, 0.29) is 59.7 Å². The van der Waals surface area contributed by atoms with Gasteiger partial charge in [0.25, 0.3) is 23.6 Å². The molecule has 4 amide bonds. The minimum atomic E-state index is -0.285. The van der Waals surface area contributed by atoms with Gasteiger partial charge < -0.3 is 86.2 Å². The third-order valence-corrected chi connectivity index (χ3v) is 21.1. The van der Waals surface area contributed by atoms with Crippen LogP contribution < -0.4 is 67.1 Å². The first-order valence-corrected chi connectivity index (χ1v) is 40.4. The monoisotopic (exact) mass is 1560 g/mol. The number of aromatic nitrogens is 4. The van der Waals surface area contributed by atoms with E-state index in [0.29, 0.717) is 81.1 Å². The summed E-state index contributed by atoms with van der Waals surface area (Å²) in [6.07, 6.45) is 6.60. The largest absolute Gasteiger partial charge is 0.351 e. The average molecular weight is 1570 g/mol. The van der Waals surface area contributed by atoms with Crippen LogP contribution in [0.4, 0.5) is 4.39 Å². The summed E-state index contributed by atoms with van der Waals surface area (Å²) < 4.78 is 17.4. The SMILES string of the molecule is Cc1ccc(-c2ccc3[nH]c(C(=O)NC[C@@H](N)CCC(N)C(C)C)cc3c2)cc1.Cc1ccc(-c2ccc3cc(C(=O)NC[C@@H](N)CCCN)[nH]c3c2)cc1.Cc1ccc(-c2ccc3cc(C(=O)NC[C@@H](N)CCCN)n(C)c3c2)cc1.Cc1ccc(-c2ccc3cc(C(=O)NC[C@@H](N)CCCN)n(Cc4ccc(F)cc4)c3c2)cc1. The van der Waals surface area contributed by atoms with Gasteiger partial charge in [-0.2, -0.15) is 0 Å². The van der Waals surface area contributed by atoms with E-state index in [4.69, 9.17) is 45.9 Å². The highest BCUT2D eigenvalue weighted by Crippen LogP contribution is 2.32. The molecule has 13 rings (SSSR count). The zero-order valence-electron chi connectivity index (χ0n) is 68.1. The molecule has 608 valence electrons. The number of amides is 4. The second-order valence-electron chi connectivity index (χ2n) is 31.0. The maximum absolute atomic E-state index is 13.5. The number of nitrogens with two attached hydrogens (primary N) is 8. The lowest BCUT2D eigenvalue weighted by Gasteiger charge is -2.18. The van der Waals surface area contributed by atoms with Crippen LogP contribution in [0.15, 0.2) is 218 Å². The lowest BCUT2D eigenvalue weighted by atomic mass is 9.98. The highest BCUT2D eigenvalue weighted by molar-refractivity contribution is 6.02. The van der Waals surface area contributed by atoms with Crippen molar-refractivity contribution in [1.29, 1.82) is 0 Å². The Labute approximate surface area is 681 Å². The Morgan fingerprint density at radius 1 is 0.371 bits per heavy atom. The van der Waals surface area contributed by atoms with Crippen LogP contribution in [0.25, 0.3) is 88.1 Å². The number of nitrogens with one attached hydrogen (secondary N) is 6. The van der Waals surface area contributed by atoms with Crippen molar-refractivity contribution >= 4 is 67.2 Å². The maximum atomic E-state index is 13.5. The number of hydrogen-bond acceptors (Lipinski definition) is 12.